The van der Waals surface area contributed by atoms with Crippen molar-refractivity contribution >= 4 is 68.6 Å². The largest absolute Gasteiger partial charge is 0.369 e. The Labute approximate surface area is 190 Å². The summed E-state index contributed by atoms with van der Waals surface area (Å²) < 4.78 is 12.9. The molecule has 0 heterocycles. The summed E-state index contributed by atoms with van der Waals surface area (Å²) in [5, 5.41) is 0. The van der Waals surface area contributed by atoms with E-state index in [0.717, 1.165) is 47.3 Å². The average molecular weight is 482 g/mol. The number of alkyl halides is 4. The zero-order valence-electron chi connectivity index (χ0n) is 15.5. The molecule has 0 atom stereocenters. The molecule has 0 saturated heterocycles. The molecule has 0 aliphatic rings. The van der Waals surface area contributed by atoms with E-state index >= 15 is 0 Å². The van der Waals surface area contributed by atoms with Crippen LogP contribution in [0.25, 0.3) is 0 Å². The van der Waals surface area contributed by atoms with Gasteiger partial charge < -0.3 is 9.80 Å². The molecule has 28 heavy (non-hydrogen) atoms. The molecule has 0 aliphatic heterocycles. The van der Waals surface area contributed by atoms with Gasteiger partial charge in [0, 0.05) is 70.9 Å². The first kappa shape index (κ1) is 23.6. The molecular weight excluding hydrogens is 458 g/mol. The third-order valence-corrected chi connectivity index (χ3v) is 6.33. The summed E-state index contributed by atoms with van der Waals surface area (Å²) in [5.74, 6) is 2.12. The van der Waals surface area contributed by atoms with Crippen molar-refractivity contribution in [2.45, 2.75) is 9.79 Å². The van der Waals surface area contributed by atoms with Gasteiger partial charge in [0.1, 0.15) is 0 Å². The average Bonchev–Trinajstić information content (AvgIpc) is 2.73. The molecule has 0 N–H and O–H groups in total. The zero-order chi connectivity index (χ0) is 20.4. The predicted octanol–water partition coefficient (Wildman–Crippen LogP) is 5.42. The lowest BCUT2D eigenvalue weighted by Crippen LogP contribution is -2.27. The van der Waals surface area contributed by atoms with Crippen molar-refractivity contribution < 1.29 is 4.21 Å². The van der Waals surface area contributed by atoms with Gasteiger partial charge in [0.2, 0.25) is 0 Å². The van der Waals surface area contributed by atoms with Crippen LogP contribution in [0.4, 0.5) is 11.4 Å². The smallest absolute Gasteiger partial charge is 0.0849 e. The molecule has 0 spiro atoms. The van der Waals surface area contributed by atoms with Crippen LogP contribution in [0, 0.1) is 0 Å². The number of rotatable bonds is 12. The molecular formula is C20H24Cl4N2OS. The van der Waals surface area contributed by atoms with Gasteiger partial charge in [-0.15, -0.1) is 46.4 Å². The Hall–Kier alpha value is -0.650. The number of anilines is 2. The highest BCUT2D eigenvalue weighted by molar-refractivity contribution is 7.85. The maximum Gasteiger partial charge on any atom is 0.0849 e. The van der Waals surface area contributed by atoms with Gasteiger partial charge in [0.25, 0.3) is 0 Å². The highest BCUT2D eigenvalue weighted by atomic mass is 35.5. The van der Waals surface area contributed by atoms with Crippen molar-refractivity contribution in [2.24, 2.45) is 0 Å². The molecule has 154 valence electrons. The van der Waals surface area contributed by atoms with E-state index in [1.165, 1.54) is 0 Å². The molecule has 0 bridgehead atoms. The Balaban J connectivity index is 2.12. The fraction of sp³-hybridized carbons (Fsp3) is 0.400. The summed E-state index contributed by atoms with van der Waals surface area (Å²) >= 11 is 23.5. The molecule has 2 rings (SSSR count). The van der Waals surface area contributed by atoms with Crippen LogP contribution in [-0.4, -0.2) is 53.9 Å². The van der Waals surface area contributed by atoms with E-state index < -0.39 is 10.8 Å². The minimum absolute atomic E-state index is 0.529. The topological polar surface area (TPSA) is 23.6 Å². The lowest BCUT2D eigenvalue weighted by atomic mass is 10.3. The van der Waals surface area contributed by atoms with Crippen molar-refractivity contribution in [1.82, 2.24) is 0 Å². The lowest BCUT2D eigenvalue weighted by Gasteiger charge is -2.23. The maximum atomic E-state index is 12.9. The molecule has 8 heteroatoms. The van der Waals surface area contributed by atoms with Crippen molar-refractivity contribution in [3.63, 3.8) is 0 Å². The van der Waals surface area contributed by atoms with Crippen LogP contribution in [0.1, 0.15) is 0 Å². The SMILES string of the molecule is O=S(c1ccc(N(CCCl)CCCl)cc1)c1ccc(N(CCCl)CCCl)cc1. The van der Waals surface area contributed by atoms with Gasteiger partial charge in [-0.2, -0.15) is 0 Å². The molecule has 2 aromatic rings. The van der Waals surface area contributed by atoms with Crippen LogP contribution in [-0.2, 0) is 10.8 Å². The first-order valence-electron chi connectivity index (χ1n) is 9.00. The molecule has 0 fully saturated rings. The zero-order valence-corrected chi connectivity index (χ0v) is 19.3. The summed E-state index contributed by atoms with van der Waals surface area (Å²) in [5.41, 5.74) is 2.05. The van der Waals surface area contributed by atoms with Gasteiger partial charge in [0.05, 0.1) is 10.8 Å². The van der Waals surface area contributed by atoms with Gasteiger partial charge in [0.15, 0.2) is 0 Å². The summed E-state index contributed by atoms with van der Waals surface area (Å²) in [7, 11) is -1.25. The van der Waals surface area contributed by atoms with E-state index in [1.807, 2.05) is 48.5 Å². The second-order valence-electron chi connectivity index (χ2n) is 5.99. The molecule has 0 amide bonds. The van der Waals surface area contributed by atoms with Crippen LogP contribution in [0.2, 0.25) is 0 Å². The van der Waals surface area contributed by atoms with E-state index in [-0.39, 0.29) is 0 Å². The minimum atomic E-state index is -1.25. The molecule has 0 aliphatic carbocycles. The number of hydrogen-bond acceptors (Lipinski definition) is 3. The highest BCUT2D eigenvalue weighted by Gasteiger charge is 2.11. The molecule has 0 radical (unpaired) electrons. The van der Waals surface area contributed by atoms with E-state index in [4.69, 9.17) is 46.4 Å². The van der Waals surface area contributed by atoms with E-state index in [0.29, 0.717) is 23.5 Å². The van der Waals surface area contributed by atoms with Crippen molar-refractivity contribution in [3.8, 4) is 0 Å². The van der Waals surface area contributed by atoms with Gasteiger partial charge >= 0.3 is 0 Å². The van der Waals surface area contributed by atoms with Crippen LogP contribution in [0.5, 0.6) is 0 Å². The summed E-state index contributed by atoms with van der Waals surface area (Å²) in [4.78, 5) is 5.74. The first-order chi connectivity index (χ1) is 13.6. The fourth-order valence-electron chi connectivity index (χ4n) is 2.85. The molecule has 2 aromatic carbocycles. The number of halogens is 4. The molecule has 0 aromatic heterocycles. The third kappa shape index (κ3) is 6.70. The summed E-state index contributed by atoms with van der Waals surface area (Å²) in [6, 6.07) is 15.4. The molecule has 0 saturated carbocycles. The third-order valence-electron chi connectivity index (χ3n) is 4.25. The van der Waals surface area contributed by atoms with Crippen LogP contribution >= 0.6 is 46.4 Å². The predicted molar refractivity (Wildman–Crippen MR) is 125 cm³/mol. The van der Waals surface area contributed by atoms with Crippen molar-refractivity contribution in [1.29, 1.82) is 0 Å². The summed E-state index contributed by atoms with van der Waals surface area (Å²) in [6.45, 7) is 2.89. The Morgan fingerprint density at radius 3 is 1.11 bits per heavy atom. The second-order valence-corrected chi connectivity index (χ2v) is 8.98. The van der Waals surface area contributed by atoms with Gasteiger partial charge in [-0.1, -0.05) is 0 Å². The second kappa shape index (κ2) is 12.8. The first-order valence-corrected chi connectivity index (χ1v) is 12.3. The maximum absolute atomic E-state index is 12.9. The highest BCUT2D eigenvalue weighted by Crippen LogP contribution is 2.23. The monoisotopic (exact) mass is 480 g/mol. The Bertz CT molecular complexity index is 654. The van der Waals surface area contributed by atoms with E-state index in [9.17, 15) is 4.21 Å². The minimum Gasteiger partial charge on any atom is -0.369 e. The molecule has 3 nitrogen and oxygen atoms in total. The van der Waals surface area contributed by atoms with Crippen molar-refractivity contribution in [3.05, 3.63) is 48.5 Å². The number of hydrogen-bond donors (Lipinski definition) is 0. The van der Waals surface area contributed by atoms with Crippen LogP contribution < -0.4 is 9.80 Å². The summed E-state index contributed by atoms with van der Waals surface area (Å²) in [6.07, 6.45) is 0. The van der Waals surface area contributed by atoms with E-state index in [2.05, 4.69) is 9.80 Å². The standard InChI is InChI=1S/C20H24Cl4N2OS/c21-9-13-25(14-10-22)17-1-5-19(6-2-17)28(27)20-7-3-18(4-8-20)26(15-11-23)16-12-24/h1-8H,9-16H2. The van der Waals surface area contributed by atoms with Crippen LogP contribution in [0.3, 0.4) is 0 Å². The van der Waals surface area contributed by atoms with E-state index in [1.54, 1.807) is 0 Å². The van der Waals surface area contributed by atoms with Gasteiger partial charge in [-0.3, -0.25) is 0 Å². The van der Waals surface area contributed by atoms with Crippen LogP contribution in [0.15, 0.2) is 58.3 Å². The molecule has 0 unspecified atom stereocenters. The Morgan fingerprint density at radius 2 is 0.857 bits per heavy atom. The Morgan fingerprint density at radius 1 is 0.571 bits per heavy atom. The normalized spacial score (nSPS) is 11.0. The lowest BCUT2D eigenvalue weighted by molar-refractivity contribution is 0.683. The van der Waals surface area contributed by atoms with Gasteiger partial charge in [-0.25, -0.2) is 4.21 Å². The Kier molecular flexibility index (Phi) is 10.8. The fourth-order valence-corrected chi connectivity index (χ4v) is 4.70. The van der Waals surface area contributed by atoms with Gasteiger partial charge in [-0.05, 0) is 48.5 Å². The van der Waals surface area contributed by atoms with Crippen molar-refractivity contribution in [2.75, 3.05) is 59.5 Å². The number of benzene rings is 2. The number of nitrogens with zero attached hydrogens (tertiary/aromatic N) is 2. The quantitative estimate of drug-likeness (QED) is 0.378.